The van der Waals surface area contributed by atoms with Crippen molar-refractivity contribution >= 4 is 18.0 Å². The molecule has 24 heavy (non-hydrogen) atoms. The van der Waals surface area contributed by atoms with Gasteiger partial charge in [0.25, 0.3) is 0 Å². The summed E-state index contributed by atoms with van der Waals surface area (Å²) in [7, 11) is 0. The van der Waals surface area contributed by atoms with Crippen LogP contribution >= 0.6 is 0 Å². The Morgan fingerprint density at radius 1 is 1.25 bits per heavy atom. The molecule has 1 aromatic heterocycles. The number of rotatable bonds is 7. The third kappa shape index (κ3) is 8.81. The highest BCUT2D eigenvalue weighted by atomic mass is 19.4. The fraction of sp³-hybridized carbons (Fsp3) is 0.500. The lowest BCUT2D eigenvalue weighted by Crippen LogP contribution is -2.34. The molecule has 1 rings (SSSR count). The molecule has 1 aromatic rings. The molecule has 0 aromatic carbocycles. The number of alkyl carbamates (subject to hydrolysis) is 1. The molecular formula is C14H18F3N3O4. The van der Waals surface area contributed by atoms with Crippen LogP contribution in [0.1, 0.15) is 25.3 Å². The van der Waals surface area contributed by atoms with E-state index in [1.807, 2.05) is 6.92 Å². The van der Waals surface area contributed by atoms with Crippen LogP contribution in [0.5, 0.6) is 0 Å². The number of hydrogen-bond acceptors (Lipinski definition) is 5. The maximum atomic E-state index is 11.9. The van der Waals surface area contributed by atoms with Crippen LogP contribution in [-0.2, 0) is 16.1 Å². The maximum absolute atomic E-state index is 11.9. The number of carbonyl (C=O) groups excluding carboxylic acids is 2. The minimum atomic E-state index is -4.51. The van der Waals surface area contributed by atoms with E-state index in [-0.39, 0.29) is 19.0 Å². The lowest BCUT2D eigenvalue weighted by Gasteiger charge is -2.10. The number of unbranched alkanes of at least 4 members (excludes halogenated alkanes) is 1. The number of halogens is 3. The van der Waals surface area contributed by atoms with Gasteiger partial charge in [-0.1, -0.05) is 13.3 Å². The van der Waals surface area contributed by atoms with E-state index >= 15 is 0 Å². The molecule has 10 heteroatoms. The molecule has 0 aliphatic heterocycles. The minimum absolute atomic E-state index is 0.174. The Labute approximate surface area is 136 Å². The van der Waals surface area contributed by atoms with Crippen LogP contribution in [0.25, 0.3) is 0 Å². The van der Waals surface area contributed by atoms with E-state index < -0.39 is 24.9 Å². The molecule has 1 heterocycles. The number of nitrogens with zero attached hydrogens (tertiary/aromatic N) is 1. The summed E-state index contributed by atoms with van der Waals surface area (Å²) >= 11 is 0. The molecule has 2 amide bonds. The van der Waals surface area contributed by atoms with Crippen molar-refractivity contribution in [2.24, 2.45) is 0 Å². The summed E-state index contributed by atoms with van der Waals surface area (Å²) in [6.07, 6.45) is -3.40. The number of carbonyl (C=O) groups is 2. The van der Waals surface area contributed by atoms with Gasteiger partial charge in [0.2, 0.25) is 0 Å². The van der Waals surface area contributed by atoms with Gasteiger partial charge >= 0.3 is 18.4 Å². The van der Waals surface area contributed by atoms with Gasteiger partial charge in [-0.2, -0.15) is 13.2 Å². The number of pyridine rings is 1. The molecule has 0 radical (unpaired) electrons. The summed E-state index contributed by atoms with van der Waals surface area (Å²) < 4.78 is 45.3. The third-order valence-corrected chi connectivity index (χ3v) is 2.59. The van der Waals surface area contributed by atoms with Gasteiger partial charge in [-0.15, -0.1) is 0 Å². The molecule has 0 fully saturated rings. The minimum Gasteiger partial charge on any atom is -0.449 e. The predicted octanol–water partition coefficient (Wildman–Crippen LogP) is 3.22. The van der Waals surface area contributed by atoms with Crippen molar-refractivity contribution < 1.29 is 32.2 Å². The number of ether oxygens (including phenoxy) is 2. The van der Waals surface area contributed by atoms with Crippen molar-refractivity contribution in [1.29, 1.82) is 0 Å². The van der Waals surface area contributed by atoms with Gasteiger partial charge in [0.05, 0.1) is 6.61 Å². The Morgan fingerprint density at radius 3 is 2.67 bits per heavy atom. The van der Waals surface area contributed by atoms with Gasteiger partial charge in [0.1, 0.15) is 19.0 Å². The maximum Gasteiger partial charge on any atom is 0.412 e. The molecule has 134 valence electrons. The largest absolute Gasteiger partial charge is 0.449 e. The topological polar surface area (TPSA) is 89.5 Å². The molecule has 0 spiro atoms. The molecule has 0 atom stereocenters. The highest BCUT2D eigenvalue weighted by Gasteiger charge is 2.28. The quantitative estimate of drug-likeness (QED) is 0.738. The van der Waals surface area contributed by atoms with Crippen LogP contribution in [0.4, 0.5) is 28.6 Å². The van der Waals surface area contributed by atoms with Crippen molar-refractivity contribution in [3.8, 4) is 0 Å². The molecule has 0 unspecified atom stereocenters. The first-order valence-corrected chi connectivity index (χ1v) is 7.16. The zero-order valence-corrected chi connectivity index (χ0v) is 13.0. The first-order chi connectivity index (χ1) is 11.3. The van der Waals surface area contributed by atoms with E-state index in [4.69, 9.17) is 4.74 Å². The number of nitrogens with one attached hydrogen (secondary N) is 2. The van der Waals surface area contributed by atoms with Crippen LogP contribution in [-0.4, -0.2) is 36.5 Å². The zero-order chi connectivity index (χ0) is 18.0. The normalized spacial score (nSPS) is 10.8. The van der Waals surface area contributed by atoms with Crippen LogP contribution in [0, 0.1) is 0 Å². The molecule has 0 saturated heterocycles. The second kappa shape index (κ2) is 9.58. The SMILES string of the molecule is CCCCOC(=O)Nc1cc(COC(=O)NCC(F)(F)F)ccn1. The Hall–Kier alpha value is -2.52. The fourth-order valence-corrected chi connectivity index (χ4v) is 1.45. The van der Waals surface area contributed by atoms with E-state index in [1.165, 1.54) is 18.3 Å². The van der Waals surface area contributed by atoms with E-state index in [0.29, 0.717) is 5.56 Å². The van der Waals surface area contributed by atoms with Crippen molar-refractivity contribution in [3.05, 3.63) is 23.9 Å². The summed E-state index contributed by atoms with van der Waals surface area (Å²) in [5.41, 5.74) is 0.441. The average Bonchev–Trinajstić information content (AvgIpc) is 2.51. The van der Waals surface area contributed by atoms with Crippen molar-refractivity contribution in [1.82, 2.24) is 10.3 Å². The van der Waals surface area contributed by atoms with Crippen molar-refractivity contribution in [2.45, 2.75) is 32.5 Å². The third-order valence-electron chi connectivity index (χ3n) is 2.59. The van der Waals surface area contributed by atoms with E-state index in [9.17, 15) is 22.8 Å². The van der Waals surface area contributed by atoms with E-state index in [2.05, 4.69) is 15.0 Å². The fourth-order valence-electron chi connectivity index (χ4n) is 1.45. The summed E-state index contributed by atoms with van der Waals surface area (Å²) in [5, 5.41) is 3.97. The molecule has 0 aliphatic rings. The Bertz CT molecular complexity index is 552. The van der Waals surface area contributed by atoms with Crippen LogP contribution < -0.4 is 10.6 Å². The standard InChI is InChI=1S/C14H18F3N3O4/c1-2-3-6-23-13(22)20-11-7-10(4-5-18-11)8-24-12(21)19-9-14(15,16)17/h4-5,7H,2-3,6,8-9H2,1H3,(H,19,21)(H,18,20,22). The van der Waals surface area contributed by atoms with Gasteiger partial charge in [0.15, 0.2) is 0 Å². The first-order valence-electron chi connectivity index (χ1n) is 7.16. The van der Waals surface area contributed by atoms with Crippen LogP contribution in [0.15, 0.2) is 18.3 Å². The lowest BCUT2D eigenvalue weighted by atomic mass is 10.3. The number of alkyl halides is 3. The molecule has 0 aliphatic carbocycles. The van der Waals surface area contributed by atoms with Crippen molar-refractivity contribution in [2.75, 3.05) is 18.5 Å². The molecule has 7 nitrogen and oxygen atoms in total. The van der Waals surface area contributed by atoms with Gasteiger partial charge < -0.3 is 14.8 Å². The molecule has 0 saturated carbocycles. The summed E-state index contributed by atoms with van der Waals surface area (Å²) in [6.45, 7) is 0.492. The lowest BCUT2D eigenvalue weighted by molar-refractivity contribution is -0.123. The molecule has 0 bridgehead atoms. The van der Waals surface area contributed by atoms with E-state index in [1.54, 1.807) is 5.32 Å². The smallest absolute Gasteiger partial charge is 0.412 e. The number of aromatic nitrogens is 1. The van der Waals surface area contributed by atoms with Crippen molar-refractivity contribution in [3.63, 3.8) is 0 Å². The first kappa shape index (κ1) is 19.5. The Morgan fingerprint density at radius 2 is 2.00 bits per heavy atom. The molecular weight excluding hydrogens is 331 g/mol. The number of anilines is 1. The highest BCUT2D eigenvalue weighted by molar-refractivity contribution is 5.83. The van der Waals surface area contributed by atoms with E-state index in [0.717, 1.165) is 12.8 Å². The average molecular weight is 349 g/mol. The summed E-state index contributed by atoms with van der Waals surface area (Å²) in [5.74, 6) is 0.174. The van der Waals surface area contributed by atoms with Gasteiger partial charge in [-0.3, -0.25) is 5.32 Å². The summed E-state index contributed by atoms with van der Waals surface area (Å²) in [4.78, 5) is 26.5. The molecule has 2 N–H and O–H groups in total. The monoisotopic (exact) mass is 349 g/mol. The number of hydrogen-bond donors (Lipinski definition) is 2. The van der Waals surface area contributed by atoms with Crippen LogP contribution in [0.3, 0.4) is 0 Å². The Balaban J connectivity index is 2.42. The van der Waals surface area contributed by atoms with Crippen LogP contribution in [0.2, 0.25) is 0 Å². The Kier molecular flexibility index (Phi) is 7.80. The van der Waals surface area contributed by atoms with Gasteiger partial charge in [-0.05, 0) is 24.1 Å². The number of amides is 2. The summed E-state index contributed by atoms with van der Waals surface area (Å²) in [6, 6.07) is 2.91. The van der Waals surface area contributed by atoms with Gasteiger partial charge in [0, 0.05) is 6.20 Å². The second-order valence-electron chi connectivity index (χ2n) is 4.71. The van der Waals surface area contributed by atoms with Gasteiger partial charge in [-0.25, -0.2) is 14.6 Å². The zero-order valence-electron chi connectivity index (χ0n) is 13.0. The second-order valence-corrected chi connectivity index (χ2v) is 4.71. The highest BCUT2D eigenvalue weighted by Crippen LogP contribution is 2.12. The predicted molar refractivity (Wildman–Crippen MR) is 78.4 cm³/mol.